The molecule has 0 unspecified atom stereocenters. The number of methoxy groups -OCH3 is 1. The first-order chi connectivity index (χ1) is 12.8. The molecule has 0 atom stereocenters. The normalized spacial score (nSPS) is 10.6. The number of ether oxygens (including phenoxy) is 2. The number of amides is 1. The van der Waals surface area contributed by atoms with Crippen LogP contribution in [0.3, 0.4) is 0 Å². The molecule has 1 aromatic carbocycles. The second-order valence-corrected chi connectivity index (χ2v) is 6.51. The van der Waals surface area contributed by atoms with Crippen molar-refractivity contribution in [3.63, 3.8) is 0 Å². The van der Waals surface area contributed by atoms with Crippen molar-refractivity contribution in [2.24, 2.45) is 0 Å². The molecule has 0 aliphatic carbocycles. The van der Waals surface area contributed by atoms with Crippen LogP contribution < -0.4 is 4.74 Å². The molecule has 0 aliphatic rings. The summed E-state index contributed by atoms with van der Waals surface area (Å²) in [5, 5.41) is 0.562. The Hall–Kier alpha value is -2.47. The number of nitrogens with zero attached hydrogens (tertiary/aromatic N) is 2. The van der Waals surface area contributed by atoms with Gasteiger partial charge in [0.05, 0.1) is 18.4 Å². The van der Waals surface area contributed by atoms with E-state index in [1.807, 2.05) is 32.3 Å². The number of aryl methyl sites for hydroxylation is 1. The SMILES string of the molecule is CCN(CC)C(=O)COC(=O)c1cc(C)n(-c2cc(Cl)ccc2OC)c1C. The lowest BCUT2D eigenvalue weighted by Crippen LogP contribution is -2.34. The van der Waals surface area contributed by atoms with Crippen LogP contribution in [0, 0.1) is 13.8 Å². The first-order valence-electron chi connectivity index (χ1n) is 8.81. The number of hydrogen-bond acceptors (Lipinski definition) is 4. The zero-order chi connectivity index (χ0) is 20.1. The Morgan fingerprint density at radius 2 is 1.81 bits per heavy atom. The third kappa shape index (κ3) is 4.45. The molecule has 27 heavy (non-hydrogen) atoms. The summed E-state index contributed by atoms with van der Waals surface area (Å²) in [5.41, 5.74) is 2.66. The van der Waals surface area contributed by atoms with Crippen molar-refractivity contribution in [3.05, 3.63) is 46.2 Å². The van der Waals surface area contributed by atoms with Gasteiger partial charge in [-0.15, -0.1) is 0 Å². The monoisotopic (exact) mass is 392 g/mol. The molecule has 0 radical (unpaired) electrons. The molecule has 1 aromatic heterocycles. The summed E-state index contributed by atoms with van der Waals surface area (Å²) in [6, 6.07) is 7.03. The topological polar surface area (TPSA) is 60.8 Å². The van der Waals surface area contributed by atoms with E-state index in [1.54, 1.807) is 36.3 Å². The fourth-order valence-corrected chi connectivity index (χ4v) is 3.22. The fourth-order valence-electron chi connectivity index (χ4n) is 3.05. The van der Waals surface area contributed by atoms with Gasteiger partial charge in [-0.25, -0.2) is 4.79 Å². The molecule has 146 valence electrons. The van der Waals surface area contributed by atoms with Crippen LogP contribution in [0.2, 0.25) is 5.02 Å². The molecule has 2 rings (SSSR count). The van der Waals surface area contributed by atoms with Gasteiger partial charge in [0.15, 0.2) is 6.61 Å². The van der Waals surface area contributed by atoms with E-state index < -0.39 is 5.97 Å². The number of halogens is 1. The lowest BCUT2D eigenvalue weighted by atomic mass is 10.2. The maximum atomic E-state index is 12.5. The third-order valence-electron chi connectivity index (χ3n) is 4.48. The van der Waals surface area contributed by atoms with Crippen LogP contribution in [0.15, 0.2) is 24.3 Å². The summed E-state index contributed by atoms with van der Waals surface area (Å²) in [6.45, 7) is 8.35. The van der Waals surface area contributed by atoms with Crippen LogP contribution in [0.1, 0.15) is 35.6 Å². The quantitative estimate of drug-likeness (QED) is 0.673. The molecule has 2 aromatic rings. The van der Waals surface area contributed by atoms with Crippen molar-refractivity contribution in [1.29, 1.82) is 0 Å². The second-order valence-electron chi connectivity index (χ2n) is 6.08. The summed E-state index contributed by atoms with van der Waals surface area (Å²) in [5.74, 6) is -0.104. The van der Waals surface area contributed by atoms with Crippen molar-refractivity contribution >= 4 is 23.5 Å². The number of carbonyl (C=O) groups excluding carboxylic acids is 2. The van der Waals surface area contributed by atoms with E-state index in [-0.39, 0.29) is 12.5 Å². The van der Waals surface area contributed by atoms with E-state index in [0.717, 1.165) is 11.4 Å². The van der Waals surface area contributed by atoms with Crippen molar-refractivity contribution in [3.8, 4) is 11.4 Å². The largest absolute Gasteiger partial charge is 0.495 e. The molecule has 0 N–H and O–H groups in total. The lowest BCUT2D eigenvalue weighted by Gasteiger charge is -2.18. The Kier molecular flexibility index (Phi) is 6.91. The molecule has 0 saturated carbocycles. The van der Waals surface area contributed by atoms with Crippen LogP contribution >= 0.6 is 11.6 Å². The smallest absolute Gasteiger partial charge is 0.340 e. The lowest BCUT2D eigenvalue weighted by molar-refractivity contribution is -0.134. The van der Waals surface area contributed by atoms with Gasteiger partial charge in [0.25, 0.3) is 5.91 Å². The molecule has 7 heteroatoms. The number of likely N-dealkylation sites (N-methyl/N-ethyl adjacent to an activating group) is 1. The summed E-state index contributed by atoms with van der Waals surface area (Å²) >= 11 is 6.14. The molecule has 0 bridgehead atoms. The molecular weight excluding hydrogens is 368 g/mol. The highest BCUT2D eigenvalue weighted by Crippen LogP contribution is 2.30. The van der Waals surface area contributed by atoms with Crippen LogP contribution in [0.5, 0.6) is 5.75 Å². The molecule has 0 spiro atoms. The van der Waals surface area contributed by atoms with E-state index in [2.05, 4.69) is 0 Å². The average molecular weight is 393 g/mol. The van der Waals surface area contributed by atoms with E-state index in [1.165, 1.54) is 0 Å². The third-order valence-corrected chi connectivity index (χ3v) is 4.71. The van der Waals surface area contributed by atoms with E-state index in [9.17, 15) is 9.59 Å². The number of carbonyl (C=O) groups is 2. The minimum absolute atomic E-state index is 0.210. The zero-order valence-electron chi connectivity index (χ0n) is 16.3. The van der Waals surface area contributed by atoms with Crippen LogP contribution in [-0.2, 0) is 9.53 Å². The number of benzene rings is 1. The molecule has 0 fully saturated rings. The van der Waals surface area contributed by atoms with Gasteiger partial charge in [-0.05, 0) is 52.0 Å². The Morgan fingerprint density at radius 3 is 2.41 bits per heavy atom. The first kappa shape index (κ1) is 20.8. The van der Waals surface area contributed by atoms with Crippen molar-refractivity contribution < 1.29 is 19.1 Å². The van der Waals surface area contributed by atoms with Crippen LogP contribution in [-0.4, -0.2) is 48.1 Å². The molecule has 0 saturated heterocycles. The Morgan fingerprint density at radius 1 is 1.15 bits per heavy atom. The first-order valence-corrected chi connectivity index (χ1v) is 9.19. The molecular formula is C20H25ClN2O4. The highest BCUT2D eigenvalue weighted by molar-refractivity contribution is 6.30. The van der Waals surface area contributed by atoms with Gasteiger partial charge in [0, 0.05) is 29.5 Å². The van der Waals surface area contributed by atoms with Crippen LogP contribution in [0.4, 0.5) is 0 Å². The zero-order valence-corrected chi connectivity index (χ0v) is 17.1. The molecule has 1 heterocycles. The second kappa shape index (κ2) is 8.95. The fraction of sp³-hybridized carbons (Fsp3) is 0.400. The van der Waals surface area contributed by atoms with E-state index >= 15 is 0 Å². The van der Waals surface area contributed by atoms with Crippen molar-refractivity contribution in [1.82, 2.24) is 9.47 Å². The summed E-state index contributed by atoms with van der Waals surface area (Å²) in [4.78, 5) is 26.2. The number of esters is 1. The summed E-state index contributed by atoms with van der Waals surface area (Å²) in [7, 11) is 1.58. The van der Waals surface area contributed by atoms with Gasteiger partial charge in [-0.2, -0.15) is 0 Å². The number of hydrogen-bond donors (Lipinski definition) is 0. The summed E-state index contributed by atoms with van der Waals surface area (Å²) in [6.07, 6.45) is 0. The Balaban J connectivity index is 2.29. The minimum atomic E-state index is -0.532. The highest BCUT2D eigenvalue weighted by atomic mass is 35.5. The van der Waals surface area contributed by atoms with Crippen LogP contribution in [0.25, 0.3) is 5.69 Å². The van der Waals surface area contributed by atoms with E-state index in [4.69, 9.17) is 21.1 Å². The standard InChI is InChI=1S/C20H25ClN2O4/c1-6-22(7-2)19(24)12-27-20(25)16-10-13(3)23(14(16)4)17-11-15(21)8-9-18(17)26-5/h8-11H,6-7,12H2,1-5H3. The van der Waals surface area contributed by atoms with Crippen molar-refractivity contribution in [2.75, 3.05) is 26.8 Å². The average Bonchev–Trinajstić information content (AvgIpc) is 2.95. The Bertz CT molecular complexity index is 841. The number of rotatable bonds is 7. The van der Waals surface area contributed by atoms with Gasteiger partial charge < -0.3 is 18.9 Å². The van der Waals surface area contributed by atoms with Gasteiger partial charge in [0.2, 0.25) is 0 Å². The maximum Gasteiger partial charge on any atom is 0.340 e. The predicted molar refractivity (Wildman–Crippen MR) is 105 cm³/mol. The summed E-state index contributed by atoms with van der Waals surface area (Å²) < 4.78 is 12.5. The molecule has 6 nitrogen and oxygen atoms in total. The minimum Gasteiger partial charge on any atom is -0.495 e. The van der Waals surface area contributed by atoms with E-state index in [0.29, 0.717) is 35.1 Å². The number of aromatic nitrogens is 1. The highest BCUT2D eigenvalue weighted by Gasteiger charge is 2.21. The van der Waals surface area contributed by atoms with Gasteiger partial charge in [-0.1, -0.05) is 11.6 Å². The predicted octanol–water partition coefficient (Wildman–Crippen LogP) is 3.78. The van der Waals surface area contributed by atoms with Gasteiger partial charge in [0.1, 0.15) is 5.75 Å². The van der Waals surface area contributed by atoms with Gasteiger partial charge in [-0.3, -0.25) is 4.79 Å². The molecule has 1 amide bonds. The van der Waals surface area contributed by atoms with Gasteiger partial charge >= 0.3 is 5.97 Å². The maximum absolute atomic E-state index is 12.5. The Labute approximate surface area is 164 Å². The molecule has 0 aliphatic heterocycles. The van der Waals surface area contributed by atoms with Crippen molar-refractivity contribution in [2.45, 2.75) is 27.7 Å².